The van der Waals surface area contributed by atoms with Crippen LogP contribution in [0.1, 0.15) is 45.6 Å². The minimum absolute atomic E-state index is 0.237. The molecule has 1 aliphatic carbocycles. The topological polar surface area (TPSA) is 72.2 Å². The molecule has 1 atom stereocenters. The van der Waals surface area contributed by atoms with Crippen molar-refractivity contribution in [1.29, 1.82) is 0 Å². The molecule has 0 spiro atoms. The van der Waals surface area contributed by atoms with Crippen molar-refractivity contribution in [3.8, 4) is 0 Å². The molecule has 1 aliphatic rings. The van der Waals surface area contributed by atoms with Crippen LogP contribution in [0.5, 0.6) is 0 Å². The second kappa shape index (κ2) is 6.12. The summed E-state index contributed by atoms with van der Waals surface area (Å²) in [7, 11) is 0. The van der Waals surface area contributed by atoms with Crippen LogP contribution in [0.3, 0.4) is 0 Å². The summed E-state index contributed by atoms with van der Waals surface area (Å²) in [5.74, 6) is -1.53. The zero-order valence-corrected chi connectivity index (χ0v) is 13.5. The average Bonchev–Trinajstić information content (AvgIpc) is 3.07. The number of benzene rings is 1. The monoisotopic (exact) mass is 332 g/mol. The average molecular weight is 332 g/mol. The molecule has 2 aromatic rings. The zero-order valence-electron chi connectivity index (χ0n) is 12.7. The van der Waals surface area contributed by atoms with E-state index in [1.165, 1.54) is 23.5 Å². The van der Waals surface area contributed by atoms with Crippen molar-refractivity contribution >= 4 is 28.2 Å². The largest absolute Gasteiger partial charge is 0.365 e. The maximum Gasteiger partial charge on any atom is 0.251 e. The van der Waals surface area contributed by atoms with Crippen LogP contribution < -0.4 is 11.1 Å². The molecular formula is C17H17FN2O2S. The molecule has 3 rings (SSSR count). The quantitative estimate of drug-likeness (QED) is 0.902. The van der Waals surface area contributed by atoms with Crippen molar-refractivity contribution < 1.29 is 14.0 Å². The molecule has 6 heteroatoms. The summed E-state index contributed by atoms with van der Waals surface area (Å²) in [4.78, 5) is 25.3. The zero-order chi connectivity index (χ0) is 16.6. The molecule has 0 bridgehead atoms. The highest BCUT2D eigenvalue weighted by Gasteiger charge is 2.27. The molecule has 0 fully saturated rings. The third kappa shape index (κ3) is 2.99. The fourth-order valence-electron chi connectivity index (χ4n) is 2.88. The van der Waals surface area contributed by atoms with Crippen molar-refractivity contribution in [1.82, 2.24) is 0 Å². The van der Waals surface area contributed by atoms with Crippen LogP contribution in [-0.2, 0) is 17.6 Å². The fourth-order valence-corrected chi connectivity index (χ4v) is 4.17. The maximum absolute atomic E-state index is 13.0. The second-order valence-corrected chi connectivity index (χ2v) is 6.79. The summed E-state index contributed by atoms with van der Waals surface area (Å²) >= 11 is 1.43. The number of hydrogen-bond acceptors (Lipinski definition) is 3. The van der Waals surface area contributed by atoms with Crippen molar-refractivity contribution in [3.05, 3.63) is 51.7 Å². The number of aryl methyl sites for hydroxylation is 1. The van der Waals surface area contributed by atoms with Crippen LogP contribution in [0.2, 0.25) is 0 Å². The first kappa shape index (κ1) is 15.7. The van der Waals surface area contributed by atoms with E-state index in [-0.39, 0.29) is 11.7 Å². The predicted octanol–water partition coefficient (Wildman–Crippen LogP) is 3.22. The summed E-state index contributed by atoms with van der Waals surface area (Å²) in [6, 6.07) is 5.83. The standard InChI is InChI=1S/C17H17FN2O2S/c1-9(10-5-7-11(18)8-6-10)16(22)20-17-14(15(19)21)12-3-2-4-13(12)23-17/h5-9H,2-4H2,1H3,(H2,19,21)(H,20,22). The van der Waals surface area contributed by atoms with Gasteiger partial charge in [0.05, 0.1) is 11.5 Å². The van der Waals surface area contributed by atoms with Gasteiger partial charge in [-0.3, -0.25) is 9.59 Å². The maximum atomic E-state index is 13.0. The molecule has 23 heavy (non-hydrogen) atoms. The number of carbonyl (C=O) groups is 2. The summed E-state index contributed by atoms with van der Waals surface area (Å²) in [5.41, 5.74) is 7.63. The van der Waals surface area contributed by atoms with Gasteiger partial charge < -0.3 is 11.1 Å². The summed E-state index contributed by atoms with van der Waals surface area (Å²) < 4.78 is 13.0. The SMILES string of the molecule is CC(C(=O)Nc1sc2c(c1C(N)=O)CCC2)c1ccc(F)cc1. The van der Waals surface area contributed by atoms with E-state index in [4.69, 9.17) is 5.73 Å². The molecule has 4 nitrogen and oxygen atoms in total. The third-order valence-corrected chi connectivity index (χ3v) is 5.37. The van der Waals surface area contributed by atoms with Gasteiger partial charge in [0.2, 0.25) is 5.91 Å². The van der Waals surface area contributed by atoms with Gasteiger partial charge >= 0.3 is 0 Å². The number of anilines is 1. The molecule has 2 amide bonds. The first-order chi connectivity index (χ1) is 11.0. The van der Waals surface area contributed by atoms with E-state index in [0.717, 1.165) is 29.7 Å². The highest BCUT2D eigenvalue weighted by Crippen LogP contribution is 2.39. The van der Waals surface area contributed by atoms with Gasteiger partial charge in [-0.15, -0.1) is 11.3 Å². The van der Waals surface area contributed by atoms with Gasteiger partial charge in [0, 0.05) is 4.88 Å². The highest BCUT2D eigenvalue weighted by molar-refractivity contribution is 7.17. The van der Waals surface area contributed by atoms with E-state index >= 15 is 0 Å². The Balaban J connectivity index is 1.83. The summed E-state index contributed by atoms with van der Waals surface area (Å²) in [5, 5.41) is 3.35. The van der Waals surface area contributed by atoms with Crippen LogP contribution in [-0.4, -0.2) is 11.8 Å². The number of hydrogen-bond donors (Lipinski definition) is 2. The lowest BCUT2D eigenvalue weighted by atomic mass is 10.0. The van der Waals surface area contributed by atoms with Crippen molar-refractivity contribution in [2.24, 2.45) is 5.73 Å². The Kier molecular flexibility index (Phi) is 4.17. The van der Waals surface area contributed by atoms with Gasteiger partial charge in [0.25, 0.3) is 5.91 Å². The minimum atomic E-state index is -0.505. The number of amides is 2. The van der Waals surface area contributed by atoms with E-state index in [2.05, 4.69) is 5.32 Å². The van der Waals surface area contributed by atoms with Crippen molar-refractivity contribution in [2.45, 2.75) is 32.1 Å². The molecule has 1 aromatic heterocycles. The van der Waals surface area contributed by atoms with Crippen LogP contribution >= 0.6 is 11.3 Å². The van der Waals surface area contributed by atoms with Gasteiger partial charge in [-0.1, -0.05) is 12.1 Å². The molecule has 0 radical (unpaired) electrons. The van der Waals surface area contributed by atoms with Gasteiger partial charge in [-0.2, -0.15) is 0 Å². The van der Waals surface area contributed by atoms with Gasteiger partial charge in [-0.25, -0.2) is 4.39 Å². The van der Waals surface area contributed by atoms with Gasteiger partial charge in [-0.05, 0) is 49.4 Å². The molecule has 1 aromatic carbocycles. The minimum Gasteiger partial charge on any atom is -0.365 e. The van der Waals surface area contributed by atoms with Gasteiger partial charge in [0.15, 0.2) is 0 Å². The molecule has 0 saturated carbocycles. The number of nitrogens with two attached hydrogens (primary N) is 1. The second-order valence-electron chi connectivity index (χ2n) is 5.69. The molecule has 1 heterocycles. The lowest BCUT2D eigenvalue weighted by Gasteiger charge is -2.12. The summed E-state index contributed by atoms with van der Waals surface area (Å²) in [6.07, 6.45) is 2.76. The Labute approximate surface area is 137 Å². The number of nitrogens with one attached hydrogen (secondary N) is 1. The Hall–Kier alpha value is -2.21. The molecule has 1 unspecified atom stereocenters. The Morgan fingerprint density at radius 2 is 1.96 bits per heavy atom. The number of rotatable bonds is 4. The van der Waals surface area contributed by atoms with E-state index in [9.17, 15) is 14.0 Å². The fraction of sp³-hybridized carbons (Fsp3) is 0.294. The van der Waals surface area contributed by atoms with E-state index in [1.807, 2.05) is 0 Å². The van der Waals surface area contributed by atoms with E-state index in [1.54, 1.807) is 19.1 Å². The molecule has 3 N–H and O–H groups in total. The predicted molar refractivity (Wildman–Crippen MR) is 88.3 cm³/mol. The van der Waals surface area contributed by atoms with E-state index in [0.29, 0.717) is 16.1 Å². The number of primary amides is 1. The van der Waals surface area contributed by atoms with Gasteiger partial charge in [0.1, 0.15) is 10.8 Å². The van der Waals surface area contributed by atoms with E-state index < -0.39 is 11.8 Å². The van der Waals surface area contributed by atoms with Crippen LogP contribution in [0, 0.1) is 5.82 Å². The Morgan fingerprint density at radius 1 is 1.26 bits per heavy atom. The van der Waals surface area contributed by atoms with Crippen molar-refractivity contribution in [2.75, 3.05) is 5.32 Å². The highest BCUT2D eigenvalue weighted by atomic mass is 32.1. The number of carbonyl (C=O) groups excluding carboxylic acids is 2. The lowest BCUT2D eigenvalue weighted by Crippen LogP contribution is -2.21. The first-order valence-electron chi connectivity index (χ1n) is 7.48. The number of thiophene rings is 1. The summed E-state index contributed by atoms with van der Waals surface area (Å²) in [6.45, 7) is 1.74. The third-order valence-electron chi connectivity index (χ3n) is 4.17. The molecule has 0 aliphatic heterocycles. The number of halogens is 1. The van der Waals surface area contributed by atoms with Crippen LogP contribution in [0.4, 0.5) is 9.39 Å². The lowest BCUT2D eigenvalue weighted by molar-refractivity contribution is -0.117. The Bertz CT molecular complexity index is 768. The number of fused-ring (bicyclic) bond motifs is 1. The van der Waals surface area contributed by atoms with Crippen LogP contribution in [0.15, 0.2) is 24.3 Å². The molecular weight excluding hydrogens is 315 g/mol. The van der Waals surface area contributed by atoms with Crippen molar-refractivity contribution in [3.63, 3.8) is 0 Å². The first-order valence-corrected chi connectivity index (χ1v) is 8.29. The molecule has 120 valence electrons. The smallest absolute Gasteiger partial charge is 0.251 e. The molecule has 0 saturated heterocycles. The van der Waals surface area contributed by atoms with Crippen LogP contribution in [0.25, 0.3) is 0 Å². The normalized spacial score (nSPS) is 14.3. The Morgan fingerprint density at radius 3 is 2.61 bits per heavy atom.